The highest BCUT2D eigenvalue weighted by molar-refractivity contribution is 6.01. The molecule has 1 aromatic heterocycles. The van der Waals surface area contributed by atoms with Gasteiger partial charge >= 0.3 is 6.03 Å². The molecule has 1 heterocycles. The molecule has 10 heteroatoms. The first kappa shape index (κ1) is 24.4. The molecule has 36 heavy (non-hydrogen) atoms. The average Bonchev–Trinajstić information content (AvgIpc) is 2.85. The summed E-state index contributed by atoms with van der Waals surface area (Å²) in [5.41, 5.74) is 0.820. The number of benzene rings is 3. The predicted octanol–water partition coefficient (Wildman–Crippen LogP) is 5.21. The molecule has 0 aliphatic carbocycles. The number of hydrogen-bond donors (Lipinski definition) is 2. The summed E-state index contributed by atoms with van der Waals surface area (Å²) in [4.78, 5) is 28.4. The fourth-order valence-corrected chi connectivity index (χ4v) is 3.48. The molecule has 4 rings (SSSR count). The topological polar surface area (TPSA) is 98.8 Å². The number of pyridine rings is 1. The van der Waals surface area contributed by atoms with Gasteiger partial charge in [0.25, 0.3) is 0 Å². The largest absolute Gasteiger partial charge is 0.493 e. The molecule has 0 aliphatic heterocycles. The highest BCUT2D eigenvalue weighted by Crippen LogP contribution is 2.37. The van der Waals surface area contributed by atoms with Crippen LogP contribution in [-0.2, 0) is 11.2 Å². The third-order valence-electron chi connectivity index (χ3n) is 5.13. The summed E-state index contributed by atoms with van der Waals surface area (Å²) in [5, 5.41) is 4.97. The van der Waals surface area contributed by atoms with E-state index < -0.39 is 23.6 Å². The van der Waals surface area contributed by atoms with Gasteiger partial charge in [-0.3, -0.25) is 15.1 Å². The van der Waals surface area contributed by atoms with Crippen molar-refractivity contribution in [2.45, 2.75) is 6.42 Å². The van der Waals surface area contributed by atoms with Crippen LogP contribution in [0.1, 0.15) is 5.56 Å². The molecule has 0 atom stereocenters. The average molecular weight is 493 g/mol. The van der Waals surface area contributed by atoms with Crippen LogP contribution in [0.15, 0.2) is 66.9 Å². The first-order chi connectivity index (χ1) is 17.4. The van der Waals surface area contributed by atoms with Crippen molar-refractivity contribution >= 4 is 28.5 Å². The van der Waals surface area contributed by atoms with E-state index in [1.54, 1.807) is 30.5 Å². The summed E-state index contributed by atoms with van der Waals surface area (Å²) >= 11 is 0. The first-order valence-corrected chi connectivity index (χ1v) is 10.7. The number of halogens is 2. The maximum absolute atomic E-state index is 14.7. The summed E-state index contributed by atoms with van der Waals surface area (Å²) < 4.78 is 44.4. The Morgan fingerprint density at radius 2 is 1.69 bits per heavy atom. The molecule has 4 aromatic rings. The maximum Gasteiger partial charge on any atom is 0.325 e. The van der Waals surface area contributed by atoms with Gasteiger partial charge in [-0.1, -0.05) is 12.1 Å². The van der Waals surface area contributed by atoms with Crippen LogP contribution in [0.4, 0.5) is 19.3 Å². The third kappa shape index (κ3) is 5.66. The quantitative estimate of drug-likeness (QED) is 0.367. The van der Waals surface area contributed by atoms with E-state index in [9.17, 15) is 18.4 Å². The van der Waals surface area contributed by atoms with Crippen LogP contribution in [0, 0.1) is 11.6 Å². The summed E-state index contributed by atoms with van der Waals surface area (Å²) in [5.74, 6) is -0.388. The van der Waals surface area contributed by atoms with Crippen LogP contribution >= 0.6 is 0 Å². The Morgan fingerprint density at radius 1 is 0.917 bits per heavy atom. The number of amides is 3. The van der Waals surface area contributed by atoms with E-state index in [1.807, 2.05) is 0 Å². The standard InChI is InChI=1S/C26H21F2N3O5/c1-34-23-13-18-21(14-24(23)35-2)29-9-8-22(18)36-17-6-7-20(19(28)12-17)30-26(33)31-25(32)11-15-4-3-5-16(27)10-15/h3-10,12-14H,11H2,1-2H3,(H2,30,31,32,33). The van der Waals surface area contributed by atoms with Gasteiger partial charge in [0.05, 0.1) is 31.8 Å². The molecule has 3 amide bonds. The Labute approximate surface area is 204 Å². The second kappa shape index (κ2) is 10.7. The molecule has 184 valence electrons. The van der Waals surface area contributed by atoms with Crippen molar-refractivity contribution in [3.8, 4) is 23.0 Å². The monoisotopic (exact) mass is 493 g/mol. The normalized spacial score (nSPS) is 10.6. The van der Waals surface area contributed by atoms with Crippen molar-refractivity contribution in [1.82, 2.24) is 10.3 Å². The minimum atomic E-state index is -0.926. The van der Waals surface area contributed by atoms with Gasteiger partial charge in [0, 0.05) is 23.7 Å². The van der Waals surface area contributed by atoms with E-state index >= 15 is 0 Å². The highest BCUT2D eigenvalue weighted by Gasteiger charge is 2.14. The Balaban J connectivity index is 1.44. The zero-order chi connectivity index (χ0) is 25.7. The number of carbonyl (C=O) groups is 2. The summed E-state index contributed by atoms with van der Waals surface area (Å²) in [6.07, 6.45) is 1.33. The van der Waals surface area contributed by atoms with Gasteiger partial charge in [-0.05, 0) is 42.0 Å². The first-order valence-electron chi connectivity index (χ1n) is 10.7. The number of nitrogens with one attached hydrogen (secondary N) is 2. The number of fused-ring (bicyclic) bond motifs is 1. The molecule has 8 nitrogen and oxygen atoms in total. The second-order valence-corrected chi connectivity index (χ2v) is 7.59. The lowest BCUT2D eigenvalue weighted by atomic mass is 10.1. The molecule has 0 fully saturated rings. The van der Waals surface area contributed by atoms with Gasteiger partial charge in [0.2, 0.25) is 5.91 Å². The molecule has 0 bridgehead atoms. The van der Waals surface area contributed by atoms with Crippen LogP contribution in [0.2, 0.25) is 0 Å². The highest BCUT2D eigenvalue weighted by atomic mass is 19.1. The third-order valence-corrected chi connectivity index (χ3v) is 5.13. The van der Waals surface area contributed by atoms with Gasteiger partial charge in [-0.15, -0.1) is 0 Å². The smallest absolute Gasteiger partial charge is 0.325 e. The van der Waals surface area contributed by atoms with Crippen LogP contribution < -0.4 is 24.8 Å². The van der Waals surface area contributed by atoms with Crippen molar-refractivity contribution in [2.24, 2.45) is 0 Å². The van der Waals surface area contributed by atoms with E-state index in [0.29, 0.717) is 33.7 Å². The number of ether oxygens (including phenoxy) is 3. The molecule has 0 radical (unpaired) electrons. The van der Waals surface area contributed by atoms with Crippen molar-refractivity contribution in [3.63, 3.8) is 0 Å². The maximum atomic E-state index is 14.7. The summed E-state index contributed by atoms with van der Waals surface area (Å²) in [6, 6.07) is 13.4. The zero-order valence-electron chi connectivity index (χ0n) is 19.3. The Kier molecular flexibility index (Phi) is 7.24. The van der Waals surface area contributed by atoms with Crippen LogP contribution in [0.5, 0.6) is 23.0 Å². The van der Waals surface area contributed by atoms with Gasteiger partial charge in [0.1, 0.15) is 23.1 Å². The molecule has 3 aromatic carbocycles. The SMILES string of the molecule is COc1cc2nccc(Oc3ccc(NC(=O)NC(=O)Cc4cccc(F)c4)c(F)c3)c2cc1OC. The number of methoxy groups -OCH3 is 2. The number of imide groups is 1. The minimum absolute atomic E-state index is 0.163. The molecule has 0 saturated heterocycles. The molecule has 0 unspecified atom stereocenters. The lowest BCUT2D eigenvalue weighted by Crippen LogP contribution is -2.35. The van der Waals surface area contributed by atoms with E-state index in [4.69, 9.17) is 14.2 Å². The van der Waals surface area contributed by atoms with E-state index in [2.05, 4.69) is 15.6 Å². The van der Waals surface area contributed by atoms with E-state index in [-0.39, 0.29) is 17.9 Å². The van der Waals surface area contributed by atoms with Crippen molar-refractivity contribution < 1.29 is 32.6 Å². The van der Waals surface area contributed by atoms with E-state index in [0.717, 1.165) is 6.07 Å². The number of carbonyl (C=O) groups excluding carboxylic acids is 2. The lowest BCUT2D eigenvalue weighted by molar-refractivity contribution is -0.119. The number of nitrogens with zero attached hydrogens (tertiary/aromatic N) is 1. The van der Waals surface area contributed by atoms with Crippen molar-refractivity contribution in [3.05, 3.63) is 84.1 Å². The van der Waals surface area contributed by atoms with Gasteiger partial charge in [-0.2, -0.15) is 0 Å². The number of anilines is 1. The van der Waals surface area contributed by atoms with Crippen molar-refractivity contribution in [1.29, 1.82) is 0 Å². The predicted molar refractivity (Wildman–Crippen MR) is 129 cm³/mol. The fraction of sp³-hybridized carbons (Fsp3) is 0.115. The Hall–Kier alpha value is -4.73. The van der Waals surface area contributed by atoms with Crippen LogP contribution in [-0.4, -0.2) is 31.1 Å². The minimum Gasteiger partial charge on any atom is -0.493 e. The Bertz CT molecular complexity index is 1440. The second-order valence-electron chi connectivity index (χ2n) is 7.59. The van der Waals surface area contributed by atoms with Crippen molar-refractivity contribution in [2.75, 3.05) is 19.5 Å². The van der Waals surface area contributed by atoms with Gasteiger partial charge < -0.3 is 19.5 Å². The van der Waals surface area contributed by atoms with E-state index in [1.165, 1.54) is 44.6 Å². The Morgan fingerprint density at radius 3 is 2.42 bits per heavy atom. The number of rotatable bonds is 7. The molecule has 0 spiro atoms. The molecule has 0 aliphatic rings. The molecular weight excluding hydrogens is 472 g/mol. The fourth-order valence-electron chi connectivity index (χ4n) is 3.48. The summed E-state index contributed by atoms with van der Waals surface area (Å²) in [7, 11) is 3.02. The molecular formula is C26H21F2N3O5. The molecule has 0 saturated carbocycles. The number of urea groups is 1. The van der Waals surface area contributed by atoms with Crippen LogP contribution in [0.3, 0.4) is 0 Å². The number of aromatic nitrogens is 1. The molecule has 2 N–H and O–H groups in total. The summed E-state index contributed by atoms with van der Waals surface area (Å²) in [6.45, 7) is 0. The van der Waals surface area contributed by atoms with Gasteiger partial charge in [0.15, 0.2) is 11.5 Å². The number of hydrogen-bond acceptors (Lipinski definition) is 6. The lowest BCUT2D eigenvalue weighted by Gasteiger charge is -2.13. The van der Waals surface area contributed by atoms with Gasteiger partial charge in [-0.25, -0.2) is 13.6 Å². The van der Waals surface area contributed by atoms with Crippen LogP contribution in [0.25, 0.3) is 10.9 Å². The zero-order valence-corrected chi connectivity index (χ0v) is 19.3.